The fraction of sp³-hybridized carbons (Fsp3) is 0.0667. The molecule has 0 aliphatic rings. The van der Waals surface area contributed by atoms with E-state index in [2.05, 4.69) is 0 Å². The maximum Gasteiger partial charge on any atom is 0.276 e. The number of nitrogens with zero attached hydrogens (tertiary/aromatic N) is 1. The molecule has 2 N–H and O–H groups in total. The largest absolute Gasteiger partial charge is 0.482 e. The highest BCUT2D eigenvalue weighted by molar-refractivity contribution is 5.79. The summed E-state index contributed by atoms with van der Waals surface area (Å²) in [4.78, 5) is 11.6. The number of carbonyl (C=O) groups is 1. The SMILES string of the molecule is N#Cc1ccccc1OCC(=O)NNc1c(F)c(F)c(F)c(F)c1F. The molecule has 0 saturated heterocycles. The topological polar surface area (TPSA) is 74.1 Å². The molecule has 25 heavy (non-hydrogen) atoms. The molecule has 0 aliphatic carbocycles. The lowest BCUT2D eigenvalue weighted by molar-refractivity contribution is -0.122. The molecule has 0 aliphatic heterocycles. The van der Waals surface area contributed by atoms with Crippen LogP contribution in [0.4, 0.5) is 27.6 Å². The predicted octanol–water partition coefficient (Wildman–Crippen LogP) is 2.78. The third-order valence-corrected chi connectivity index (χ3v) is 2.90. The van der Waals surface area contributed by atoms with E-state index in [-0.39, 0.29) is 11.3 Å². The van der Waals surface area contributed by atoms with Gasteiger partial charge in [-0.25, -0.2) is 22.0 Å². The molecule has 2 aromatic rings. The molecule has 0 unspecified atom stereocenters. The van der Waals surface area contributed by atoms with Gasteiger partial charge in [-0.1, -0.05) is 12.1 Å². The molecule has 0 heterocycles. The third-order valence-electron chi connectivity index (χ3n) is 2.90. The summed E-state index contributed by atoms with van der Waals surface area (Å²) in [5.74, 6) is -11.8. The first-order chi connectivity index (χ1) is 11.9. The van der Waals surface area contributed by atoms with Crippen molar-refractivity contribution in [2.45, 2.75) is 0 Å². The summed E-state index contributed by atoms with van der Waals surface area (Å²) in [6.07, 6.45) is 0. The van der Waals surface area contributed by atoms with E-state index in [1.807, 2.05) is 6.07 Å². The van der Waals surface area contributed by atoms with Crippen molar-refractivity contribution in [2.75, 3.05) is 12.0 Å². The van der Waals surface area contributed by atoms with Gasteiger partial charge in [0.15, 0.2) is 29.9 Å². The van der Waals surface area contributed by atoms with Gasteiger partial charge >= 0.3 is 0 Å². The summed E-state index contributed by atoms with van der Waals surface area (Å²) in [7, 11) is 0. The molecule has 0 fully saturated rings. The van der Waals surface area contributed by atoms with Gasteiger partial charge in [-0.2, -0.15) is 5.26 Å². The molecular weight excluding hydrogens is 349 g/mol. The molecule has 2 aromatic carbocycles. The summed E-state index contributed by atoms with van der Waals surface area (Å²) >= 11 is 0. The van der Waals surface area contributed by atoms with E-state index in [4.69, 9.17) is 10.00 Å². The van der Waals surface area contributed by atoms with Crippen molar-refractivity contribution in [1.29, 1.82) is 5.26 Å². The lowest BCUT2D eigenvalue weighted by Gasteiger charge is -2.12. The van der Waals surface area contributed by atoms with E-state index >= 15 is 0 Å². The number of anilines is 1. The van der Waals surface area contributed by atoms with Crippen LogP contribution in [0.15, 0.2) is 24.3 Å². The first-order valence-corrected chi connectivity index (χ1v) is 6.55. The van der Waals surface area contributed by atoms with Gasteiger partial charge in [0.25, 0.3) is 5.91 Å². The van der Waals surface area contributed by atoms with E-state index in [1.54, 1.807) is 23.0 Å². The number of amides is 1. The molecule has 0 spiro atoms. The van der Waals surface area contributed by atoms with Crippen LogP contribution in [-0.2, 0) is 4.79 Å². The number of para-hydroxylation sites is 1. The van der Waals surface area contributed by atoms with Crippen molar-refractivity contribution >= 4 is 11.6 Å². The Morgan fingerprint density at radius 1 is 1.00 bits per heavy atom. The van der Waals surface area contributed by atoms with Crippen LogP contribution < -0.4 is 15.6 Å². The van der Waals surface area contributed by atoms with Gasteiger partial charge < -0.3 is 4.74 Å². The average Bonchev–Trinajstić information content (AvgIpc) is 2.63. The minimum atomic E-state index is -2.32. The Labute approximate surface area is 137 Å². The Balaban J connectivity index is 2.03. The van der Waals surface area contributed by atoms with Gasteiger partial charge in [-0.3, -0.25) is 15.6 Å². The first kappa shape index (κ1) is 18.0. The molecule has 0 radical (unpaired) electrons. The minimum Gasteiger partial charge on any atom is -0.482 e. The van der Waals surface area contributed by atoms with Gasteiger partial charge in [-0.05, 0) is 12.1 Å². The Morgan fingerprint density at radius 2 is 1.56 bits per heavy atom. The Morgan fingerprint density at radius 3 is 2.16 bits per heavy atom. The zero-order chi connectivity index (χ0) is 18.6. The number of rotatable bonds is 5. The fourth-order valence-corrected chi connectivity index (χ4v) is 1.71. The number of benzene rings is 2. The van der Waals surface area contributed by atoms with Crippen LogP contribution >= 0.6 is 0 Å². The van der Waals surface area contributed by atoms with Crippen LogP contribution in [0.25, 0.3) is 0 Å². The van der Waals surface area contributed by atoms with Gasteiger partial charge in [0.1, 0.15) is 17.5 Å². The lowest BCUT2D eigenvalue weighted by atomic mass is 10.2. The predicted molar refractivity (Wildman–Crippen MR) is 74.6 cm³/mol. The second-order valence-corrected chi connectivity index (χ2v) is 4.51. The first-order valence-electron chi connectivity index (χ1n) is 6.55. The van der Waals surface area contributed by atoms with E-state index in [0.29, 0.717) is 0 Å². The average molecular weight is 357 g/mol. The number of hydrazine groups is 1. The highest BCUT2D eigenvalue weighted by Gasteiger charge is 2.26. The Bertz CT molecular complexity index is 838. The summed E-state index contributed by atoms with van der Waals surface area (Å²) < 4.78 is 70.7. The third kappa shape index (κ3) is 3.77. The van der Waals surface area contributed by atoms with Crippen molar-refractivity contribution < 1.29 is 31.5 Å². The zero-order valence-electron chi connectivity index (χ0n) is 12.2. The number of nitrogens with one attached hydrogen (secondary N) is 2. The van der Waals surface area contributed by atoms with Crippen LogP contribution in [0.1, 0.15) is 5.56 Å². The molecule has 0 bridgehead atoms. The molecule has 0 saturated carbocycles. The summed E-state index contributed by atoms with van der Waals surface area (Å²) in [5.41, 5.74) is 2.07. The van der Waals surface area contributed by atoms with Crippen LogP contribution in [-0.4, -0.2) is 12.5 Å². The normalized spacial score (nSPS) is 10.1. The molecular formula is C15H8F5N3O2. The van der Waals surface area contributed by atoms with Gasteiger partial charge in [0.05, 0.1) is 5.56 Å². The van der Waals surface area contributed by atoms with Gasteiger partial charge in [0, 0.05) is 0 Å². The number of ether oxygens (including phenoxy) is 1. The molecule has 130 valence electrons. The van der Waals surface area contributed by atoms with E-state index < -0.39 is 47.3 Å². The number of hydrogen-bond acceptors (Lipinski definition) is 4. The van der Waals surface area contributed by atoms with E-state index in [1.165, 1.54) is 12.1 Å². The van der Waals surface area contributed by atoms with Crippen molar-refractivity contribution in [3.05, 3.63) is 58.9 Å². The number of nitriles is 1. The van der Waals surface area contributed by atoms with Crippen LogP contribution in [0.3, 0.4) is 0 Å². The van der Waals surface area contributed by atoms with Crippen LogP contribution in [0.2, 0.25) is 0 Å². The minimum absolute atomic E-state index is 0.0800. The number of carbonyl (C=O) groups excluding carboxylic acids is 1. The summed E-state index contributed by atoms with van der Waals surface area (Å²) in [6.45, 7) is -0.679. The lowest BCUT2D eigenvalue weighted by Crippen LogP contribution is -2.34. The maximum atomic E-state index is 13.4. The second-order valence-electron chi connectivity index (χ2n) is 4.51. The highest BCUT2D eigenvalue weighted by Crippen LogP contribution is 2.26. The highest BCUT2D eigenvalue weighted by atomic mass is 19.2. The summed E-state index contributed by atoms with van der Waals surface area (Å²) in [6, 6.07) is 7.76. The second kappa shape index (κ2) is 7.48. The smallest absolute Gasteiger partial charge is 0.276 e. The van der Waals surface area contributed by atoms with E-state index in [0.717, 1.165) is 0 Å². The Kier molecular flexibility index (Phi) is 5.38. The maximum absolute atomic E-state index is 13.4. The molecule has 5 nitrogen and oxygen atoms in total. The van der Waals surface area contributed by atoms with Crippen molar-refractivity contribution in [3.8, 4) is 11.8 Å². The van der Waals surface area contributed by atoms with E-state index in [9.17, 15) is 26.7 Å². The number of hydrogen-bond donors (Lipinski definition) is 2. The van der Waals surface area contributed by atoms with Crippen LogP contribution in [0, 0.1) is 40.4 Å². The molecule has 2 rings (SSSR count). The molecule has 0 aromatic heterocycles. The number of halogens is 5. The summed E-state index contributed by atoms with van der Waals surface area (Å²) in [5, 5.41) is 8.84. The van der Waals surface area contributed by atoms with Crippen molar-refractivity contribution in [1.82, 2.24) is 5.43 Å². The van der Waals surface area contributed by atoms with Crippen molar-refractivity contribution in [2.24, 2.45) is 0 Å². The molecule has 10 heteroatoms. The molecule has 0 atom stereocenters. The Hall–Kier alpha value is -3.35. The quantitative estimate of drug-likeness (QED) is 0.374. The fourth-order valence-electron chi connectivity index (χ4n) is 1.71. The van der Waals surface area contributed by atoms with Gasteiger partial charge in [0.2, 0.25) is 5.82 Å². The van der Waals surface area contributed by atoms with Crippen molar-refractivity contribution in [3.63, 3.8) is 0 Å². The van der Waals surface area contributed by atoms with Gasteiger partial charge in [-0.15, -0.1) is 0 Å². The zero-order valence-corrected chi connectivity index (χ0v) is 12.2. The standard InChI is InChI=1S/C15H8F5N3O2/c16-10-11(17)13(19)15(14(20)12(10)18)23-22-9(24)6-25-8-4-2-1-3-7(8)5-21/h1-4,23H,6H2,(H,22,24). The monoisotopic (exact) mass is 357 g/mol. The van der Waals surface area contributed by atoms with Crippen LogP contribution in [0.5, 0.6) is 5.75 Å². The molecule has 1 amide bonds.